The SMILES string of the molecule is COc1cccc(Cc2cnc(C3CCCCN3C(=O)c3cc(C)[nH]c(=O)n3)o2)c1. The molecule has 30 heavy (non-hydrogen) atoms. The van der Waals surface area contributed by atoms with Gasteiger partial charge in [-0.1, -0.05) is 12.1 Å². The molecule has 0 radical (unpaired) electrons. The molecule has 8 heteroatoms. The van der Waals surface area contributed by atoms with Gasteiger partial charge in [-0.15, -0.1) is 0 Å². The summed E-state index contributed by atoms with van der Waals surface area (Å²) < 4.78 is 11.3. The second kappa shape index (κ2) is 8.52. The van der Waals surface area contributed by atoms with Crippen molar-refractivity contribution in [2.24, 2.45) is 0 Å². The van der Waals surface area contributed by atoms with Crippen molar-refractivity contribution >= 4 is 5.91 Å². The normalized spacial score (nSPS) is 16.5. The monoisotopic (exact) mass is 408 g/mol. The summed E-state index contributed by atoms with van der Waals surface area (Å²) >= 11 is 0. The minimum absolute atomic E-state index is 0.145. The molecule has 0 bridgehead atoms. The fraction of sp³-hybridized carbons (Fsp3) is 0.364. The van der Waals surface area contributed by atoms with Crippen molar-refractivity contribution in [2.45, 2.75) is 38.6 Å². The molecule has 1 saturated heterocycles. The summed E-state index contributed by atoms with van der Waals surface area (Å²) in [4.78, 5) is 37.4. The highest BCUT2D eigenvalue weighted by Gasteiger charge is 2.32. The van der Waals surface area contributed by atoms with Gasteiger partial charge in [0.1, 0.15) is 23.2 Å². The number of carbonyl (C=O) groups excluding carboxylic acids is 1. The molecule has 1 aliphatic heterocycles. The maximum absolute atomic E-state index is 13.1. The number of ether oxygens (including phenoxy) is 1. The first-order valence-electron chi connectivity index (χ1n) is 10.00. The summed E-state index contributed by atoms with van der Waals surface area (Å²) in [6.07, 6.45) is 4.92. The van der Waals surface area contributed by atoms with Gasteiger partial charge < -0.3 is 19.0 Å². The van der Waals surface area contributed by atoms with E-state index in [4.69, 9.17) is 9.15 Å². The van der Waals surface area contributed by atoms with Crippen LogP contribution in [0.15, 0.2) is 45.7 Å². The zero-order chi connectivity index (χ0) is 21.1. The maximum atomic E-state index is 13.1. The molecule has 1 unspecified atom stereocenters. The van der Waals surface area contributed by atoms with E-state index in [2.05, 4.69) is 15.0 Å². The van der Waals surface area contributed by atoms with Gasteiger partial charge in [0, 0.05) is 18.7 Å². The largest absolute Gasteiger partial charge is 0.497 e. The van der Waals surface area contributed by atoms with Crippen LogP contribution < -0.4 is 10.4 Å². The molecule has 0 saturated carbocycles. The topological polar surface area (TPSA) is 101 Å². The van der Waals surface area contributed by atoms with Crippen LogP contribution in [0, 0.1) is 6.92 Å². The molecular formula is C22H24N4O4. The maximum Gasteiger partial charge on any atom is 0.345 e. The molecule has 4 rings (SSSR count). The molecule has 2 aromatic heterocycles. The number of methoxy groups -OCH3 is 1. The van der Waals surface area contributed by atoms with E-state index in [1.807, 2.05) is 24.3 Å². The molecular weight excluding hydrogens is 384 g/mol. The summed E-state index contributed by atoms with van der Waals surface area (Å²) in [5, 5.41) is 0. The second-order valence-electron chi connectivity index (χ2n) is 7.46. The highest BCUT2D eigenvalue weighted by Crippen LogP contribution is 2.32. The highest BCUT2D eigenvalue weighted by molar-refractivity contribution is 5.92. The Morgan fingerprint density at radius 2 is 2.20 bits per heavy atom. The van der Waals surface area contributed by atoms with Gasteiger partial charge in [-0.05, 0) is 49.9 Å². The van der Waals surface area contributed by atoms with E-state index in [-0.39, 0.29) is 17.6 Å². The van der Waals surface area contributed by atoms with Crippen molar-refractivity contribution < 1.29 is 13.9 Å². The van der Waals surface area contributed by atoms with Crippen molar-refractivity contribution in [3.05, 3.63) is 75.6 Å². The number of likely N-dealkylation sites (tertiary alicyclic amines) is 1. The number of hydrogen-bond acceptors (Lipinski definition) is 6. The molecule has 0 aliphatic carbocycles. The van der Waals surface area contributed by atoms with Crippen molar-refractivity contribution in [3.63, 3.8) is 0 Å². The number of aryl methyl sites for hydroxylation is 1. The van der Waals surface area contributed by atoms with Crippen LogP contribution in [0.2, 0.25) is 0 Å². The van der Waals surface area contributed by atoms with E-state index >= 15 is 0 Å². The lowest BCUT2D eigenvalue weighted by Gasteiger charge is -2.33. The first-order valence-corrected chi connectivity index (χ1v) is 10.00. The average Bonchev–Trinajstić information content (AvgIpc) is 3.21. The number of H-pyrrole nitrogens is 1. The number of nitrogens with zero attached hydrogens (tertiary/aromatic N) is 3. The fourth-order valence-corrected chi connectivity index (χ4v) is 3.81. The van der Waals surface area contributed by atoms with Gasteiger partial charge in [-0.2, -0.15) is 4.98 Å². The lowest BCUT2D eigenvalue weighted by Crippen LogP contribution is -2.39. The lowest BCUT2D eigenvalue weighted by molar-refractivity contribution is 0.0563. The third-order valence-electron chi connectivity index (χ3n) is 5.23. The van der Waals surface area contributed by atoms with Gasteiger partial charge in [0.05, 0.1) is 13.3 Å². The Kier molecular flexibility index (Phi) is 5.65. The summed E-state index contributed by atoms with van der Waals surface area (Å²) in [7, 11) is 1.64. The van der Waals surface area contributed by atoms with E-state index in [0.717, 1.165) is 36.3 Å². The Hall–Kier alpha value is -3.42. The van der Waals surface area contributed by atoms with Crippen LogP contribution in [0.3, 0.4) is 0 Å². The zero-order valence-corrected chi connectivity index (χ0v) is 17.1. The van der Waals surface area contributed by atoms with Crippen LogP contribution in [0.4, 0.5) is 0 Å². The molecule has 3 heterocycles. The van der Waals surface area contributed by atoms with Crippen LogP contribution in [-0.2, 0) is 6.42 Å². The number of amides is 1. The number of hydrogen-bond donors (Lipinski definition) is 1. The molecule has 1 N–H and O–H groups in total. The zero-order valence-electron chi connectivity index (χ0n) is 17.1. The molecule has 1 amide bonds. The van der Waals surface area contributed by atoms with Gasteiger partial charge in [-0.3, -0.25) is 4.79 Å². The van der Waals surface area contributed by atoms with E-state index in [0.29, 0.717) is 24.6 Å². The van der Waals surface area contributed by atoms with Gasteiger partial charge >= 0.3 is 5.69 Å². The molecule has 0 spiro atoms. The van der Waals surface area contributed by atoms with E-state index in [1.165, 1.54) is 0 Å². The minimum atomic E-state index is -0.524. The first kappa shape index (κ1) is 19.9. The second-order valence-corrected chi connectivity index (χ2v) is 7.46. The van der Waals surface area contributed by atoms with Crippen molar-refractivity contribution in [1.29, 1.82) is 0 Å². The molecule has 1 aromatic carbocycles. The van der Waals surface area contributed by atoms with E-state index < -0.39 is 5.69 Å². The summed E-state index contributed by atoms with van der Waals surface area (Å²) in [6.45, 7) is 2.30. The third-order valence-corrected chi connectivity index (χ3v) is 5.23. The predicted molar refractivity (Wildman–Crippen MR) is 110 cm³/mol. The Morgan fingerprint density at radius 3 is 3.00 bits per heavy atom. The number of aromatic amines is 1. The van der Waals surface area contributed by atoms with Gasteiger partial charge in [0.15, 0.2) is 0 Å². The summed E-state index contributed by atoms with van der Waals surface area (Å²) in [5.74, 6) is 1.75. The molecule has 8 nitrogen and oxygen atoms in total. The number of oxazole rings is 1. The molecule has 156 valence electrons. The van der Waals surface area contributed by atoms with Crippen molar-refractivity contribution in [1.82, 2.24) is 19.9 Å². The molecule has 1 aliphatic rings. The van der Waals surface area contributed by atoms with Gasteiger partial charge in [0.2, 0.25) is 5.89 Å². The highest BCUT2D eigenvalue weighted by atomic mass is 16.5. The van der Waals surface area contributed by atoms with Gasteiger partial charge in [-0.25, -0.2) is 9.78 Å². The number of piperidine rings is 1. The van der Waals surface area contributed by atoms with E-state index in [1.54, 1.807) is 31.2 Å². The standard InChI is InChI=1S/C22H24N4O4/c1-14-10-18(25-22(28)24-14)21(27)26-9-4-3-8-19(26)20-23-13-17(30-20)12-15-6-5-7-16(11-15)29-2/h5-7,10-11,13,19H,3-4,8-9,12H2,1-2H3,(H,24,25,28). The fourth-order valence-electron chi connectivity index (χ4n) is 3.81. The van der Waals surface area contributed by atoms with Crippen LogP contribution in [0.25, 0.3) is 0 Å². The first-order chi connectivity index (χ1) is 14.5. The quantitative estimate of drug-likeness (QED) is 0.696. The predicted octanol–water partition coefficient (Wildman–Crippen LogP) is 3.03. The Balaban J connectivity index is 1.56. The Labute approximate surface area is 173 Å². The van der Waals surface area contributed by atoms with Crippen molar-refractivity contribution in [2.75, 3.05) is 13.7 Å². The van der Waals surface area contributed by atoms with E-state index in [9.17, 15) is 9.59 Å². The third kappa shape index (κ3) is 4.27. The average molecular weight is 408 g/mol. The summed E-state index contributed by atoms with van der Waals surface area (Å²) in [6, 6.07) is 9.11. The summed E-state index contributed by atoms with van der Waals surface area (Å²) in [5.41, 5.74) is 1.27. The van der Waals surface area contributed by atoms with Crippen LogP contribution in [-0.4, -0.2) is 39.4 Å². The Bertz CT molecular complexity index is 1100. The number of benzene rings is 1. The lowest BCUT2D eigenvalue weighted by atomic mass is 10.0. The molecule has 3 aromatic rings. The number of rotatable bonds is 5. The van der Waals surface area contributed by atoms with Crippen LogP contribution in [0.1, 0.15) is 58.7 Å². The number of nitrogens with one attached hydrogen (secondary N) is 1. The number of carbonyl (C=O) groups is 1. The number of aromatic nitrogens is 3. The van der Waals surface area contributed by atoms with Crippen molar-refractivity contribution in [3.8, 4) is 5.75 Å². The molecule has 1 fully saturated rings. The molecule has 1 atom stereocenters. The van der Waals surface area contributed by atoms with Crippen LogP contribution >= 0.6 is 0 Å². The smallest absolute Gasteiger partial charge is 0.345 e. The van der Waals surface area contributed by atoms with Gasteiger partial charge in [0.25, 0.3) is 5.91 Å². The van der Waals surface area contributed by atoms with Crippen LogP contribution in [0.5, 0.6) is 5.75 Å². The minimum Gasteiger partial charge on any atom is -0.497 e. The Morgan fingerprint density at radius 1 is 1.33 bits per heavy atom.